The molecule has 1 spiro atoms. The minimum Gasteiger partial charge on any atom is -0.315 e. The van der Waals surface area contributed by atoms with E-state index in [2.05, 4.69) is 187 Å². The fraction of sp³-hybridized carbons (Fsp3) is 0.184. The second-order valence-corrected chi connectivity index (χ2v) is 14.7. The highest BCUT2D eigenvalue weighted by atomic mass is 15.2. The van der Waals surface area contributed by atoms with E-state index in [-0.39, 0.29) is 5.41 Å². The van der Waals surface area contributed by atoms with Crippen molar-refractivity contribution in [3.05, 3.63) is 221 Å². The molecule has 0 N–H and O–H groups in total. The summed E-state index contributed by atoms with van der Waals surface area (Å²) in [6.45, 7) is 0. The molecule has 0 aliphatic heterocycles. The number of nitrogens with zero attached hydrogens (tertiary/aromatic N) is 1. The maximum Gasteiger partial charge on any atom is 0.0458 e. The van der Waals surface area contributed by atoms with Crippen molar-refractivity contribution in [1.29, 1.82) is 0 Å². The average molecular weight is 644 g/mol. The molecule has 10 rings (SSSR count). The molecule has 6 atom stereocenters. The van der Waals surface area contributed by atoms with E-state index < -0.39 is 0 Å². The molecule has 0 heterocycles. The summed E-state index contributed by atoms with van der Waals surface area (Å²) in [6, 6.07) is 49.8. The molecular weight excluding hydrogens is 603 g/mol. The topological polar surface area (TPSA) is 3.24 Å². The quantitative estimate of drug-likeness (QED) is 0.184. The highest BCUT2D eigenvalue weighted by Crippen LogP contribution is 2.69. The largest absolute Gasteiger partial charge is 0.315 e. The van der Waals surface area contributed by atoms with Crippen molar-refractivity contribution in [1.82, 2.24) is 0 Å². The molecule has 0 fully saturated rings. The first-order chi connectivity index (χ1) is 24.8. The van der Waals surface area contributed by atoms with E-state index in [4.69, 9.17) is 0 Å². The van der Waals surface area contributed by atoms with Crippen molar-refractivity contribution in [2.24, 2.45) is 11.8 Å². The normalized spacial score (nSPS) is 26.8. The Morgan fingerprint density at radius 2 is 1.22 bits per heavy atom. The Balaban J connectivity index is 1.08. The van der Waals surface area contributed by atoms with Gasteiger partial charge in [0, 0.05) is 40.3 Å². The Labute approximate surface area is 296 Å². The summed E-state index contributed by atoms with van der Waals surface area (Å²) in [5.41, 5.74) is 14.0. The van der Waals surface area contributed by atoms with E-state index in [1.165, 1.54) is 39.3 Å². The highest BCUT2D eigenvalue weighted by molar-refractivity contribution is 5.70. The van der Waals surface area contributed by atoms with Crippen LogP contribution in [0.25, 0.3) is 11.1 Å². The average Bonchev–Trinajstić information content (AvgIpc) is 3.66. The Kier molecular flexibility index (Phi) is 7.01. The standard InChI is InChI=1S/C49H41N/c1-3-13-34(14-4-1)36-23-27-38(28-24-36)50(39-29-25-37(26-30-39)35-15-5-2-6-16-35)40-31-32-44-43-19-9-12-22-47(43)49(48(44)33-40)45-20-10-7-17-41(45)42-18-8-11-21-46(42)49/h1-25,27-31,37,41,44-45,48H,26,32-33H2. The van der Waals surface area contributed by atoms with E-state index in [1.54, 1.807) is 16.7 Å². The van der Waals surface area contributed by atoms with Gasteiger partial charge in [0.25, 0.3) is 0 Å². The van der Waals surface area contributed by atoms with Gasteiger partial charge in [0.05, 0.1) is 0 Å². The summed E-state index contributed by atoms with van der Waals surface area (Å²) in [5, 5.41) is 0. The van der Waals surface area contributed by atoms with Gasteiger partial charge in [-0.1, -0.05) is 164 Å². The van der Waals surface area contributed by atoms with E-state index in [0.717, 1.165) is 19.3 Å². The van der Waals surface area contributed by atoms with Crippen LogP contribution in [-0.4, -0.2) is 0 Å². The molecule has 5 aromatic rings. The number of allylic oxidation sites excluding steroid dienone is 9. The molecular formula is C49H41N. The van der Waals surface area contributed by atoms with Crippen molar-refractivity contribution >= 4 is 5.69 Å². The molecule has 0 bridgehead atoms. The molecule has 0 radical (unpaired) electrons. The molecule has 5 aromatic carbocycles. The number of fused-ring (bicyclic) bond motifs is 10. The lowest BCUT2D eigenvalue weighted by molar-refractivity contribution is 0.240. The van der Waals surface area contributed by atoms with Crippen molar-refractivity contribution in [2.75, 3.05) is 4.90 Å². The lowest BCUT2D eigenvalue weighted by Crippen LogP contribution is -2.41. The zero-order valence-corrected chi connectivity index (χ0v) is 28.3. The summed E-state index contributed by atoms with van der Waals surface area (Å²) in [5.74, 6) is 2.19. The minimum absolute atomic E-state index is 0.0542. The van der Waals surface area contributed by atoms with Crippen LogP contribution in [-0.2, 0) is 5.41 Å². The maximum atomic E-state index is 2.59. The van der Waals surface area contributed by atoms with Gasteiger partial charge in [-0.25, -0.2) is 0 Å². The molecule has 0 saturated heterocycles. The second-order valence-electron chi connectivity index (χ2n) is 14.7. The van der Waals surface area contributed by atoms with Crippen LogP contribution in [0.15, 0.2) is 193 Å². The van der Waals surface area contributed by atoms with Gasteiger partial charge < -0.3 is 4.90 Å². The van der Waals surface area contributed by atoms with Gasteiger partial charge in [0.15, 0.2) is 0 Å². The summed E-state index contributed by atoms with van der Waals surface area (Å²) in [7, 11) is 0. The van der Waals surface area contributed by atoms with E-state index in [1.807, 2.05) is 0 Å². The SMILES string of the molecule is C1=CC2c3ccccc3C3(c4ccccc4C4CC=C(N(C5=CCC(c6ccccc6)C=C5)c5ccc(-c6ccccc6)cc5)CC43)C2C=C1. The van der Waals surface area contributed by atoms with Crippen molar-refractivity contribution in [2.45, 2.75) is 42.4 Å². The minimum atomic E-state index is -0.0542. The summed E-state index contributed by atoms with van der Waals surface area (Å²) < 4.78 is 0. The van der Waals surface area contributed by atoms with Crippen molar-refractivity contribution in [3.63, 3.8) is 0 Å². The van der Waals surface area contributed by atoms with Crippen molar-refractivity contribution in [3.8, 4) is 11.1 Å². The maximum absolute atomic E-state index is 2.59. The third-order valence-electron chi connectivity index (χ3n) is 12.4. The monoisotopic (exact) mass is 643 g/mol. The number of hydrogen-bond acceptors (Lipinski definition) is 1. The Morgan fingerprint density at radius 3 is 1.98 bits per heavy atom. The van der Waals surface area contributed by atoms with Gasteiger partial charge in [-0.05, 0) is 88.3 Å². The van der Waals surface area contributed by atoms with Crippen LogP contribution in [0, 0.1) is 11.8 Å². The summed E-state index contributed by atoms with van der Waals surface area (Å²) in [6.07, 6.45) is 22.5. The van der Waals surface area contributed by atoms with Gasteiger partial charge in [-0.2, -0.15) is 0 Å². The van der Waals surface area contributed by atoms with E-state index in [9.17, 15) is 0 Å². The molecule has 5 aliphatic carbocycles. The van der Waals surface area contributed by atoms with E-state index >= 15 is 0 Å². The molecule has 1 heteroatoms. The van der Waals surface area contributed by atoms with Gasteiger partial charge >= 0.3 is 0 Å². The van der Waals surface area contributed by atoms with E-state index in [0.29, 0.717) is 29.6 Å². The number of anilines is 1. The molecule has 242 valence electrons. The number of benzene rings is 5. The fourth-order valence-corrected chi connectivity index (χ4v) is 10.4. The van der Waals surface area contributed by atoms with Gasteiger partial charge in [0.1, 0.15) is 0 Å². The third kappa shape index (κ3) is 4.46. The summed E-state index contributed by atoms with van der Waals surface area (Å²) >= 11 is 0. The Bertz CT molecular complexity index is 2220. The molecule has 6 unspecified atom stereocenters. The second kappa shape index (κ2) is 11.9. The predicted molar refractivity (Wildman–Crippen MR) is 207 cm³/mol. The highest BCUT2D eigenvalue weighted by Gasteiger charge is 2.62. The lowest BCUT2D eigenvalue weighted by atomic mass is 9.59. The van der Waals surface area contributed by atoms with Crippen LogP contribution < -0.4 is 4.90 Å². The smallest absolute Gasteiger partial charge is 0.0458 e. The molecule has 0 saturated carbocycles. The first kappa shape index (κ1) is 29.5. The van der Waals surface area contributed by atoms with Crippen LogP contribution in [0.4, 0.5) is 5.69 Å². The van der Waals surface area contributed by atoms with Gasteiger partial charge in [-0.3, -0.25) is 0 Å². The first-order valence-corrected chi connectivity index (χ1v) is 18.4. The number of rotatable bonds is 5. The lowest BCUT2D eigenvalue weighted by Gasteiger charge is -2.45. The zero-order valence-electron chi connectivity index (χ0n) is 28.3. The van der Waals surface area contributed by atoms with Crippen LogP contribution >= 0.6 is 0 Å². The molecule has 5 aliphatic rings. The fourth-order valence-electron chi connectivity index (χ4n) is 10.4. The van der Waals surface area contributed by atoms with Crippen LogP contribution in [0.3, 0.4) is 0 Å². The molecule has 0 amide bonds. The van der Waals surface area contributed by atoms with Crippen LogP contribution in [0.2, 0.25) is 0 Å². The number of hydrogen-bond donors (Lipinski definition) is 0. The molecule has 1 nitrogen and oxygen atoms in total. The first-order valence-electron chi connectivity index (χ1n) is 18.4. The van der Waals surface area contributed by atoms with Crippen LogP contribution in [0.5, 0.6) is 0 Å². The predicted octanol–water partition coefficient (Wildman–Crippen LogP) is 12.0. The van der Waals surface area contributed by atoms with Crippen molar-refractivity contribution < 1.29 is 0 Å². The molecule has 0 aromatic heterocycles. The Morgan fingerprint density at radius 1 is 0.560 bits per heavy atom. The Hall–Kier alpha value is -5.40. The van der Waals surface area contributed by atoms with Crippen LogP contribution in [0.1, 0.15) is 64.8 Å². The van der Waals surface area contributed by atoms with Gasteiger partial charge in [0.2, 0.25) is 0 Å². The summed E-state index contributed by atoms with van der Waals surface area (Å²) in [4.78, 5) is 2.59. The van der Waals surface area contributed by atoms with Gasteiger partial charge in [-0.15, -0.1) is 0 Å². The third-order valence-corrected chi connectivity index (χ3v) is 12.4. The molecule has 50 heavy (non-hydrogen) atoms. The zero-order chi connectivity index (χ0) is 33.1.